The van der Waals surface area contributed by atoms with Crippen LogP contribution in [0.3, 0.4) is 0 Å². The van der Waals surface area contributed by atoms with Crippen LogP contribution in [0.15, 0.2) is 71.8 Å². The molecule has 0 spiro atoms. The largest absolute Gasteiger partial charge is 0.493 e. The first-order chi connectivity index (χ1) is 16.4. The van der Waals surface area contributed by atoms with Crippen LogP contribution in [0.1, 0.15) is 26.3 Å². The number of amides is 2. The van der Waals surface area contributed by atoms with Crippen molar-refractivity contribution in [3.8, 4) is 11.5 Å². The summed E-state index contributed by atoms with van der Waals surface area (Å²) in [4.78, 5) is 36.3. The van der Waals surface area contributed by atoms with Crippen LogP contribution in [0.4, 0.5) is 0 Å². The van der Waals surface area contributed by atoms with Gasteiger partial charge in [0.05, 0.1) is 35.5 Å². The number of carbonyl (C=O) groups excluding carboxylic acids is 3. The number of rotatable bonds is 8. The Morgan fingerprint density at radius 2 is 1.68 bits per heavy atom. The third kappa shape index (κ3) is 6.81. The van der Waals surface area contributed by atoms with Gasteiger partial charge >= 0.3 is 5.97 Å². The van der Waals surface area contributed by atoms with Crippen molar-refractivity contribution in [3.05, 3.63) is 93.5 Å². The van der Waals surface area contributed by atoms with Crippen molar-refractivity contribution in [2.75, 3.05) is 13.7 Å². The molecule has 0 radical (unpaired) electrons. The average molecular weight is 500 g/mol. The summed E-state index contributed by atoms with van der Waals surface area (Å²) in [6, 6.07) is 17.7. The lowest BCUT2D eigenvalue weighted by molar-refractivity contribution is -0.120. The van der Waals surface area contributed by atoms with Gasteiger partial charge in [-0.3, -0.25) is 9.59 Å². The molecule has 174 valence electrons. The van der Waals surface area contributed by atoms with Gasteiger partial charge in [0.15, 0.2) is 11.5 Å². The Hall–Kier alpha value is -3.88. The van der Waals surface area contributed by atoms with E-state index in [9.17, 15) is 14.4 Å². The lowest BCUT2D eigenvalue weighted by atomic mass is 10.2. The number of methoxy groups -OCH3 is 1. The fourth-order valence-electron chi connectivity index (χ4n) is 2.70. The van der Waals surface area contributed by atoms with Gasteiger partial charge in [0, 0.05) is 5.56 Å². The molecule has 0 atom stereocenters. The van der Waals surface area contributed by atoms with E-state index in [1.807, 2.05) is 0 Å². The quantitative estimate of drug-likeness (QED) is 0.210. The van der Waals surface area contributed by atoms with Crippen molar-refractivity contribution in [2.45, 2.75) is 0 Å². The van der Waals surface area contributed by atoms with Crippen molar-refractivity contribution in [3.63, 3.8) is 0 Å². The van der Waals surface area contributed by atoms with Gasteiger partial charge in [-0.05, 0) is 54.1 Å². The van der Waals surface area contributed by atoms with Crippen LogP contribution >= 0.6 is 23.2 Å². The minimum atomic E-state index is -0.537. The Morgan fingerprint density at radius 1 is 0.912 bits per heavy atom. The molecule has 3 rings (SSSR count). The van der Waals surface area contributed by atoms with E-state index in [1.165, 1.54) is 31.5 Å². The normalized spacial score (nSPS) is 10.6. The fraction of sp³-hybridized carbons (Fsp3) is 0.0833. The van der Waals surface area contributed by atoms with E-state index in [0.717, 1.165) is 0 Å². The lowest BCUT2D eigenvalue weighted by Gasteiger charge is -2.10. The Kier molecular flexibility index (Phi) is 8.61. The Balaban J connectivity index is 1.53. The summed E-state index contributed by atoms with van der Waals surface area (Å²) in [7, 11) is 1.44. The maximum Gasteiger partial charge on any atom is 0.343 e. The minimum absolute atomic E-state index is 0.236. The maximum absolute atomic E-state index is 12.3. The second-order valence-corrected chi connectivity index (χ2v) is 7.58. The van der Waals surface area contributed by atoms with Crippen molar-refractivity contribution in [2.24, 2.45) is 5.10 Å². The first-order valence-corrected chi connectivity index (χ1v) is 10.6. The first kappa shape index (κ1) is 24.8. The lowest BCUT2D eigenvalue weighted by Crippen LogP contribution is -2.34. The zero-order valence-corrected chi connectivity index (χ0v) is 19.4. The summed E-state index contributed by atoms with van der Waals surface area (Å²) in [6.45, 7) is -0.298. The van der Waals surface area contributed by atoms with E-state index < -0.39 is 17.8 Å². The smallest absolute Gasteiger partial charge is 0.343 e. The second-order valence-electron chi connectivity index (χ2n) is 6.77. The third-order valence-electron chi connectivity index (χ3n) is 4.39. The summed E-state index contributed by atoms with van der Waals surface area (Å²) in [6.07, 6.45) is 1.38. The number of hydrogen-bond donors (Lipinski definition) is 2. The summed E-state index contributed by atoms with van der Waals surface area (Å²) < 4.78 is 10.7. The number of ether oxygens (including phenoxy) is 2. The SMILES string of the molecule is COc1cc(/C=N/NC(=O)CNC(=O)c2ccc(Cl)c(Cl)c2)ccc1OC(=O)c1ccccc1. The van der Waals surface area contributed by atoms with Crippen LogP contribution in [-0.4, -0.2) is 37.7 Å². The molecule has 0 aliphatic rings. The Labute approximate surface area is 205 Å². The van der Waals surface area contributed by atoms with E-state index in [2.05, 4.69) is 15.8 Å². The molecule has 2 amide bonds. The van der Waals surface area contributed by atoms with Gasteiger partial charge in [-0.1, -0.05) is 41.4 Å². The zero-order valence-electron chi connectivity index (χ0n) is 17.9. The highest BCUT2D eigenvalue weighted by Crippen LogP contribution is 2.28. The monoisotopic (exact) mass is 499 g/mol. The van der Waals surface area contributed by atoms with Crippen LogP contribution < -0.4 is 20.2 Å². The molecular formula is C24H19Cl2N3O5. The number of benzene rings is 3. The first-order valence-electron chi connectivity index (χ1n) is 9.88. The highest BCUT2D eigenvalue weighted by atomic mass is 35.5. The van der Waals surface area contributed by atoms with Crippen molar-refractivity contribution < 1.29 is 23.9 Å². The molecule has 34 heavy (non-hydrogen) atoms. The summed E-state index contributed by atoms with van der Waals surface area (Å²) >= 11 is 11.7. The Bertz CT molecular complexity index is 1230. The predicted octanol–water partition coefficient (Wildman–Crippen LogP) is 4.10. The molecule has 0 heterocycles. The average Bonchev–Trinajstić information content (AvgIpc) is 2.85. The number of halogens is 2. The Morgan fingerprint density at radius 3 is 2.38 bits per heavy atom. The number of hydrogen-bond acceptors (Lipinski definition) is 6. The molecule has 0 aliphatic heterocycles. The molecule has 3 aromatic carbocycles. The van der Waals surface area contributed by atoms with Crippen LogP contribution in [-0.2, 0) is 4.79 Å². The van der Waals surface area contributed by atoms with Crippen molar-refractivity contribution in [1.82, 2.24) is 10.7 Å². The van der Waals surface area contributed by atoms with Crippen LogP contribution in [0, 0.1) is 0 Å². The zero-order chi connectivity index (χ0) is 24.5. The van der Waals surface area contributed by atoms with E-state index in [0.29, 0.717) is 21.9 Å². The number of hydrazone groups is 1. The third-order valence-corrected chi connectivity index (χ3v) is 5.13. The van der Waals surface area contributed by atoms with Crippen LogP contribution in [0.25, 0.3) is 0 Å². The molecule has 0 saturated heterocycles. The summed E-state index contributed by atoms with van der Waals surface area (Å²) in [5.41, 5.74) is 3.56. The van der Waals surface area contributed by atoms with E-state index in [1.54, 1.807) is 48.5 Å². The summed E-state index contributed by atoms with van der Waals surface area (Å²) in [5, 5.41) is 6.87. The molecule has 2 N–H and O–H groups in total. The second kappa shape index (κ2) is 11.8. The van der Waals surface area contributed by atoms with Gasteiger partial charge in [0.1, 0.15) is 0 Å². The number of nitrogens with zero attached hydrogens (tertiary/aromatic N) is 1. The van der Waals surface area contributed by atoms with E-state index in [4.69, 9.17) is 32.7 Å². The molecule has 8 nitrogen and oxygen atoms in total. The van der Waals surface area contributed by atoms with Crippen LogP contribution in [0.2, 0.25) is 10.0 Å². The molecule has 0 saturated carbocycles. The molecular weight excluding hydrogens is 481 g/mol. The predicted molar refractivity (Wildman–Crippen MR) is 129 cm³/mol. The van der Waals surface area contributed by atoms with E-state index in [-0.39, 0.29) is 22.9 Å². The number of esters is 1. The minimum Gasteiger partial charge on any atom is -0.493 e. The molecule has 0 unspecified atom stereocenters. The molecule has 0 aromatic heterocycles. The van der Waals surface area contributed by atoms with Gasteiger partial charge in [0.25, 0.3) is 11.8 Å². The van der Waals surface area contributed by atoms with Crippen molar-refractivity contribution >= 4 is 47.2 Å². The van der Waals surface area contributed by atoms with Crippen LogP contribution in [0.5, 0.6) is 11.5 Å². The van der Waals surface area contributed by atoms with Gasteiger partial charge in [-0.2, -0.15) is 5.10 Å². The topological polar surface area (TPSA) is 106 Å². The summed E-state index contributed by atoms with van der Waals surface area (Å²) in [5.74, 6) is -0.986. The highest BCUT2D eigenvalue weighted by molar-refractivity contribution is 6.42. The van der Waals surface area contributed by atoms with E-state index >= 15 is 0 Å². The fourth-order valence-corrected chi connectivity index (χ4v) is 3.00. The number of carbonyl (C=O) groups is 3. The standard InChI is InChI=1S/C24H19Cl2N3O5/c1-33-21-11-15(7-10-20(21)34-24(32)16-5-3-2-4-6-16)13-28-29-22(30)14-27-23(31)17-8-9-18(25)19(26)12-17/h2-13H,14H2,1H3,(H,27,31)(H,29,30)/b28-13+. The van der Waals surface area contributed by atoms with Gasteiger partial charge in [-0.25, -0.2) is 10.2 Å². The van der Waals surface area contributed by atoms with Gasteiger partial charge < -0.3 is 14.8 Å². The maximum atomic E-state index is 12.3. The molecule has 0 aliphatic carbocycles. The van der Waals surface area contributed by atoms with Crippen molar-refractivity contribution in [1.29, 1.82) is 0 Å². The number of nitrogens with one attached hydrogen (secondary N) is 2. The molecule has 0 bridgehead atoms. The van der Waals surface area contributed by atoms with Gasteiger partial charge in [-0.15, -0.1) is 0 Å². The highest BCUT2D eigenvalue weighted by Gasteiger charge is 2.13. The molecule has 3 aromatic rings. The van der Waals surface area contributed by atoms with Gasteiger partial charge in [0.2, 0.25) is 0 Å². The molecule has 0 fully saturated rings. The molecule has 10 heteroatoms.